The van der Waals surface area contributed by atoms with E-state index in [-0.39, 0.29) is 4.90 Å². The van der Waals surface area contributed by atoms with Gasteiger partial charge < -0.3 is 9.15 Å². The van der Waals surface area contributed by atoms with Crippen molar-refractivity contribution in [1.82, 2.24) is 14.2 Å². The van der Waals surface area contributed by atoms with Crippen LogP contribution in [-0.4, -0.2) is 55.9 Å². The normalized spacial score (nSPS) is 16.4. The van der Waals surface area contributed by atoms with Crippen molar-refractivity contribution in [3.8, 4) is 5.75 Å². The maximum atomic E-state index is 13.1. The SMILES string of the molecule is COc1ccc(Cl)cc1S(=O)(=O)N1CCN(Cc2nc3cc(C)ccc3o2)CC1. The number of benzene rings is 2. The van der Waals surface area contributed by atoms with Crippen LogP contribution in [0.25, 0.3) is 11.1 Å². The van der Waals surface area contributed by atoms with E-state index in [2.05, 4.69) is 9.88 Å². The van der Waals surface area contributed by atoms with Gasteiger partial charge >= 0.3 is 0 Å². The van der Waals surface area contributed by atoms with Crippen LogP contribution >= 0.6 is 11.6 Å². The number of aromatic nitrogens is 1. The van der Waals surface area contributed by atoms with Gasteiger partial charge in [-0.05, 0) is 42.8 Å². The molecule has 1 fully saturated rings. The lowest BCUT2D eigenvalue weighted by molar-refractivity contribution is 0.169. The second-order valence-electron chi connectivity index (χ2n) is 7.05. The molecule has 9 heteroatoms. The first-order valence-electron chi connectivity index (χ1n) is 9.29. The first-order valence-corrected chi connectivity index (χ1v) is 11.1. The molecule has 3 aromatic rings. The van der Waals surface area contributed by atoms with Gasteiger partial charge in [0.1, 0.15) is 16.2 Å². The van der Waals surface area contributed by atoms with Crippen molar-refractivity contribution in [3.63, 3.8) is 0 Å². The molecule has 29 heavy (non-hydrogen) atoms. The van der Waals surface area contributed by atoms with Gasteiger partial charge in [0.2, 0.25) is 15.9 Å². The summed E-state index contributed by atoms with van der Waals surface area (Å²) in [5.74, 6) is 0.928. The molecule has 0 bridgehead atoms. The predicted octanol–water partition coefficient (Wildman–Crippen LogP) is 3.30. The largest absolute Gasteiger partial charge is 0.495 e. The summed E-state index contributed by atoms with van der Waals surface area (Å²) in [6.45, 7) is 4.47. The average Bonchev–Trinajstić information content (AvgIpc) is 3.09. The van der Waals surface area contributed by atoms with Crippen molar-refractivity contribution in [3.05, 3.63) is 52.9 Å². The number of methoxy groups -OCH3 is 1. The number of hydrogen-bond acceptors (Lipinski definition) is 6. The molecule has 0 radical (unpaired) electrons. The molecule has 0 spiro atoms. The highest BCUT2D eigenvalue weighted by atomic mass is 35.5. The maximum Gasteiger partial charge on any atom is 0.246 e. The Morgan fingerprint density at radius 1 is 1.14 bits per heavy atom. The number of oxazole rings is 1. The number of halogens is 1. The standard InChI is InChI=1S/C20H22ClN3O4S/c1-14-3-5-17-16(11-14)22-20(28-17)13-23-7-9-24(10-8-23)29(25,26)19-12-15(21)4-6-18(19)27-2/h3-6,11-12H,7-10,13H2,1-2H3. The third-order valence-electron chi connectivity index (χ3n) is 5.02. The van der Waals surface area contributed by atoms with Crippen molar-refractivity contribution >= 4 is 32.7 Å². The van der Waals surface area contributed by atoms with Crippen LogP contribution < -0.4 is 4.74 Å². The summed E-state index contributed by atoms with van der Waals surface area (Å²) in [5, 5.41) is 0.356. The van der Waals surface area contributed by atoms with Crippen LogP contribution in [0.2, 0.25) is 5.02 Å². The summed E-state index contributed by atoms with van der Waals surface area (Å²) in [4.78, 5) is 6.77. The number of hydrogen-bond donors (Lipinski definition) is 0. The Hall–Kier alpha value is -2.13. The molecule has 0 amide bonds. The van der Waals surface area contributed by atoms with Crippen LogP contribution in [0.3, 0.4) is 0 Å². The van der Waals surface area contributed by atoms with Crippen molar-refractivity contribution in [2.24, 2.45) is 0 Å². The summed E-state index contributed by atoms with van der Waals surface area (Å²) in [7, 11) is -2.24. The van der Waals surface area contributed by atoms with Crippen molar-refractivity contribution < 1.29 is 17.6 Å². The van der Waals surface area contributed by atoms with Gasteiger partial charge in [-0.25, -0.2) is 13.4 Å². The summed E-state index contributed by atoms with van der Waals surface area (Å²) in [6.07, 6.45) is 0. The van der Waals surface area contributed by atoms with E-state index in [1.54, 1.807) is 12.1 Å². The van der Waals surface area contributed by atoms with Crippen LogP contribution in [0.5, 0.6) is 5.75 Å². The molecule has 1 aromatic heterocycles. The number of ether oxygens (including phenoxy) is 1. The second kappa shape index (κ2) is 7.95. The Kier molecular flexibility index (Phi) is 5.52. The molecule has 1 saturated heterocycles. The van der Waals surface area contributed by atoms with E-state index < -0.39 is 10.0 Å². The van der Waals surface area contributed by atoms with Crippen LogP contribution in [-0.2, 0) is 16.6 Å². The topological polar surface area (TPSA) is 75.9 Å². The molecule has 4 rings (SSSR count). The molecule has 1 aliphatic rings. The number of rotatable bonds is 5. The molecule has 0 N–H and O–H groups in total. The van der Waals surface area contributed by atoms with Gasteiger partial charge in [0.05, 0.1) is 13.7 Å². The minimum Gasteiger partial charge on any atom is -0.495 e. The zero-order chi connectivity index (χ0) is 20.6. The summed E-state index contributed by atoms with van der Waals surface area (Å²) in [5.41, 5.74) is 2.74. The number of piperazine rings is 1. The third-order valence-corrected chi connectivity index (χ3v) is 7.18. The van der Waals surface area contributed by atoms with Crippen LogP contribution in [0.15, 0.2) is 45.7 Å². The van der Waals surface area contributed by atoms with Gasteiger partial charge in [0, 0.05) is 31.2 Å². The molecular weight excluding hydrogens is 414 g/mol. The number of sulfonamides is 1. The smallest absolute Gasteiger partial charge is 0.246 e. The van der Waals surface area contributed by atoms with Gasteiger partial charge in [-0.1, -0.05) is 17.7 Å². The van der Waals surface area contributed by atoms with Crippen molar-refractivity contribution in [2.75, 3.05) is 33.3 Å². The highest BCUT2D eigenvalue weighted by Crippen LogP contribution is 2.30. The van der Waals surface area contributed by atoms with E-state index in [9.17, 15) is 8.42 Å². The minimum absolute atomic E-state index is 0.0928. The van der Waals surface area contributed by atoms with E-state index in [4.69, 9.17) is 20.8 Å². The Balaban J connectivity index is 1.45. The van der Waals surface area contributed by atoms with E-state index >= 15 is 0 Å². The Labute approximate surface area is 174 Å². The van der Waals surface area contributed by atoms with Gasteiger partial charge in [-0.3, -0.25) is 4.90 Å². The zero-order valence-corrected chi connectivity index (χ0v) is 17.8. The fourth-order valence-corrected chi connectivity index (χ4v) is 5.30. The van der Waals surface area contributed by atoms with Gasteiger partial charge in [0.25, 0.3) is 0 Å². The van der Waals surface area contributed by atoms with Gasteiger partial charge in [-0.2, -0.15) is 4.31 Å². The lowest BCUT2D eigenvalue weighted by atomic mass is 10.2. The second-order valence-corrected chi connectivity index (χ2v) is 9.40. The van der Waals surface area contributed by atoms with E-state index in [0.29, 0.717) is 49.4 Å². The van der Waals surface area contributed by atoms with Gasteiger partial charge in [-0.15, -0.1) is 0 Å². The maximum absolute atomic E-state index is 13.1. The molecule has 2 aromatic carbocycles. The van der Waals surface area contributed by atoms with Gasteiger partial charge in [0.15, 0.2) is 5.58 Å². The number of nitrogens with zero attached hydrogens (tertiary/aromatic N) is 3. The molecule has 0 aliphatic carbocycles. The first-order chi connectivity index (χ1) is 13.9. The first kappa shape index (κ1) is 20.2. The summed E-state index contributed by atoms with van der Waals surface area (Å²) >= 11 is 6.01. The summed E-state index contributed by atoms with van der Waals surface area (Å²) < 4.78 is 38.6. The summed E-state index contributed by atoms with van der Waals surface area (Å²) in [6, 6.07) is 10.5. The fourth-order valence-electron chi connectivity index (χ4n) is 3.46. The van der Waals surface area contributed by atoms with E-state index in [1.807, 2.05) is 25.1 Å². The van der Waals surface area contributed by atoms with Crippen molar-refractivity contribution in [1.29, 1.82) is 0 Å². The molecule has 2 heterocycles. The Morgan fingerprint density at radius 2 is 1.90 bits per heavy atom. The number of aryl methyl sites for hydroxylation is 1. The highest BCUT2D eigenvalue weighted by molar-refractivity contribution is 7.89. The highest BCUT2D eigenvalue weighted by Gasteiger charge is 2.31. The fraction of sp³-hybridized carbons (Fsp3) is 0.350. The monoisotopic (exact) mass is 435 g/mol. The lowest BCUT2D eigenvalue weighted by Crippen LogP contribution is -2.48. The molecule has 0 atom stereocenters. The lowest BCUT2D eigenvalue weighted by Gasteiger charge is -2.33. The number of fused-ring (bicyclic) bond motifs is 1. The molecule has 7 nitrogen and oxygen atoms in total. The predicted molar refractivity (Wildman–Crippen MR) is 111 cm³/mol. The molecule has 0 unspecified atom stereocenters. The molecule has 154 valence electrons. The zero-order valence-electron chi connectivity index (χ0n) is 16.3. The Bertz CT molecular complexity index is 1140. The molecule has 0 saturated carbocycles. The van der Waals surface area contributed by atoms with E-state index in [0.717, 1.165) is 16.7 Å². The van der Waals surface area contributed by atoms with Crippen LogP contribution in [0.4, 0.5) is 0 Å². The third kappa shape index (κ3) is 4.11. The molecular formula is C20H22ClN3O4S. The minimum atomic E-state index is -3.69. The Morgan fingerprint density at radius 3 is 2.62 bits per heavy atom. The van der Waals surface area contributed by atoms with E-state index in [1.165, 1.54) is 17.5 Å². The average molecular weight is 436 g/mol. The quantitative estimate of drug-likeness (QED) is 0.612. The van der Waals surface area contributed by atoms with Crippen LogP contribution in [0.1, 0.15) is 11.5 Å². The van der Waals surface area contributed by atoms with Crippen molar-refractivity contribution in [2.45, 2.75) is 18.4 Å². The van der Waals surface area contributed by atoms with Crippen LogP contribution in [0, 0.1) is 6.92 Å². The molecule has 1 aliphatic heterocycles.